The fourth-order valence-electron chi connectivity index (χ4n) is 2.53. The van der Waals surface area contributed by atoms with Crippen LogP contribution in [-0.2, 0) is 13.0 Å². The largest absolute Gasteiger partial charge is 0.385 e. The summed E-state index contributed by atoms with van der Waals surface area (Å²) in [5.74, 6) is 0.738. The molecule has 102 valence electrons. The predicted octanol–water partition coefficient (Wildman–Crippen LogP) is 3.33. The molecule has 0 saturated heterocycles. The van der Waals surface area contributed by atoms with Gasteiger partial charge in [-0.15, -0.1) is 0 Å². The van der Waals surface area contributed by atoms with E-state index in [1.807, 2.05) is 24.3 Å². The first-order valence-electron chi connectivity index (χ1n) is 6.93. The van der Waals surface area contributed by atoms with Gasteiger partial charge in [-0.1, -0.05) is 42.5 Å². The Hall–Kier alpha value is -2.13. The Morgan fingerprint density at radius 2 is 1.75 bits per heavy atom. The number of nitrogens with zero attached hydrogens (tertiary/aromatic N) is 2. The molecule has 3 aromatic rings. The van der Waals surface area contributed by atoms with Crippen LogP contribution in [0.5, 0.6) is 0 Å². The lowest BCUT2D eigenvalue weighted by Gasteiger charge is -2.11. The topological polar surface area (TPSA) is 38.1 Å². The van der Waals surface area contributed by atoms with Crippen molar-refractivity contribution >= 4 is 11.0 Å². The molecule has 0 radical (unpaired) electrons. The summed E-state index contributed by atoms with van der Waals surface area (Å²) in [5, 5.41) is 9.92. The van der Waals surface area contributed by atoms with Crippen molar-refractivity contribution in [3.05, 3.63) is 66.0 Å². The summed E-state index contributed by atoms with van der Waals surface area (Å²) < 4.78 is 2.12. The molecule has 0 aliphatic heterocycles. The van der Waals surface area contributed by atoms with Crippen molar-refractivity contribution in [3.63, 3.8) is 0 Å². The molecule has 0 bridgehead atoms. The van der Waals surface area contributed by atoms with Crippen LogP contribution in [0.1, 0.15) is 24.4 Å². The average Bonchev–Trinajstić information content (AvgIpc) is 2.85. The highest BCUT2D eigenvalue weighted by Gasteiger charge is 2.14. The molecule has 0 saturated carbocycles. The van der Waals surface area contributed by atoms with E-state index in [4.69, 9.17) is 0 Å². The van der Waals surface area contributed by atoms with Crippen LogP contribution in [0.3, 0.4) is 0 Å². The van der Waals surface area contributed by atoms with Crippen molar-refractivity contribution in [1.82, 2.24) is 9.55 Å². The molecule has 0 unspecified atom stereocenters. The lowest BCUT2D eigenvalue weighted by atomic mass is 10.1. The fourth-order valence-corrected chi connectivity index (χ4v) is 2.53. The second-order valence-electron chi connectivity index (χ2n) is 5.02. The summed E-state index contributed by atoms with van der Waals surface area (Å²) in [5.41, 5.74) is 3.32. The van der Waals surface area contributed by atoms with Gasteiger partial charge in [-0.3, -0.25) is 0 Å². The summed E-state index contributed by atoms with van der Waals surface area (Å²) >= 11 is 0. The minimum atomic E-state index is -0.557. The maximum Gasteiger partial charge on any atom is 0.138 e. The van der Waals surface area contributed by atoms with Crippen molar-refractivity contribution in [2.24, 2.45) is 0 Å². The van der Waals surface area contributed by atoms with Gasteiger partial charge in [0, 0.05) is 6.54 Å². The number of hydrogen-bond acceptors (Lipinski definition) is 2. The molecule has 0 amide bonds. The van der Waals surface area contributed by atoms with E-state index in [0.29, 0.717) is 0 Å². The van der Waals surface area contributed by atoms with Gasteiger partial charge in [0.15, 0.2) is 0 Å². The van der Waals surface area contributed by atoms with Crippen LogP contribution in [0.4, 0.5) is 0 Å². The van der Waals surface area contributed by atoms with E-state index in [2.05, 4.69) is 39.9 Å². The third-order valence-electron chi connectivity index (χ3n) is 3.52. The maximum absolute atomic E-state index is 9.92. The molecule has 3 nitrogen and oxygen atoms in total. The molecular weight excluding hydrogens is 248 g/mol. The molecular formula is C17H18N2O. The molecule has 0 aliphatic carbocycles. The molecule has 1 heterocycles. The van der Waals surface area contributed by atoms with Gasteiger partial charge >= 0.3 is 0 Å². The summed E-state index contributed by atoms with van der Waals surface area (Å²) in [6, 6.07) is 18.4. The highest BCUT2D eigenvalue weighted by atomic mass is 16.3. The van der Waals surface area contributed by atoms with Crippen LogP contribution in [0, 0.1) is 0 Å². The molecule has 2 aromatic carbocycles. The highest BCUT2D eigenvalue weighted by molar-refractivity contribution is 5.76. The van der Waals surface area contributed by atoms with Crippen LogP contribution in [0.2, 0.25) is 0 Å². The van der Waals surface area contributed by atoms with Crippen molar-refractivity contribution < 1.29 is 5.11 Å². The molecule has 0 spiro atoms. The molecule has 0 aliphatic rings. The standard InChI is InChI=1S/C17H18N2O/c1-13(20)17-18-15-9-5-6-10-16(15)19(17)12-11-14-7-3-2-4-8-14/h2-10,13,20H,11-12H2,1H3/t13-/m1/s1. The van der Waals surface area contributed by atoms with Crippen LogP contribution < -0.4 is 0 Å². The van der Waals surface area contributed by atoms with Gasteiger partial charge in [0.2, 0.25) is 0 Å². The summed E-state index contributed by atoms with van der Waals surface area (Å²) in [4.78, 5) is 4.54. The third kappa shape index (κ3) is 2.45. The van der Waals surface area contributed by atoms with E-state index in [1.165, 1.54) is 5.56 Å². The lowest BCUT2D eigenvalue weighted by molar-refractivity contribution is 0.184. The SMILES string of the molecule is C[C@@H](O)c1nc2ccccc2n1CCc1ccccc1. The number of aliphatic hydroxyl groups is 1. The van der Waals surface area contributed by atoms with Crippen LogP contribution in [0.25, 0.3) is 11.0 Å². The molecule has 1 N–H and O–H groups in total. The van der Waals surface area contributed by atoms with Crippen molar-refractivity contribution in [2.75, 3.05) is 0 Å². The van der Waals surface area contributed by atoms with Crippen molar-refractivity contribution in [1.29, 1.82) is 0 Å². The Kier molecular flexibility index (Phi) is 3.52. The molecule has 1 aromatic heterocycles. The number of fused-ring (bicyclic) bond motifs is 1. The van der Waals surface area contributed by atoms with Crippen molar-refractivity contribution in [3.8, 4) is 0 Å². The van der Waals surface area contributed by atoms with Gasteiger partial charge in [0.05, 0.1) is 11.0 Å². The molecule has 0 fully saturated rings. The summed E-state index contributed by atoms with van der Waals surface area (Å²) in [7, 11) is 0. The van der Waals surface area contributed by atoms with E-state index in [9.17, 15) is 5.11 Å². The highest BCUT2D eigenvalue weighted by Crippen LogP contribution is 2.21. The van der Waals surface area contributed by atoms with Gasteiger partial charge in [0.1, 0.15) is 11.9 Å². The number of hydrogen-bond donors (Lipinski definition) is 1. The first kappa shape index (κ1) is 12.9. The van der Waals surface area contributed by atoms with Gasteiger partial charge in [-0.2, -0.15) is 0 Å². The number of aromatic nitrogens is 2. The van der Waals surface area contributed by atoms with Gasteiger partial charge in [-0.05, 0) is 31.0 Å². The first-order valence-corrected chi connectivity index (χ1v) is 6.93. The van der Waals surface area contributed by atoms with Crippen molar-refractivity contribution in [2.45, 2.75) is 26.0 Å². The van der Waals surface area contributed by atoms with E-state index in [1.54, 1.807) is 6.92 Å². The second kappa shape index (κ2) is 5.47. The number of para-hydroxylation sites is 2. The maximum atomic E-state index is 9.92. The number of aryl methyl sites for hydroxylation is 2. The van der Waals surface area contributed by atoms with E-state index < -0.39 is 6.10 Å². The Balaban J connectivity index is 1.95. The van der Waals surface area contributed by atoms with E-state index in [-0.39, 0.29) is 0 Å². The molecule has 1 atom stereocenters. The van der Waals surface area contributed by atoms with E-state index in [0.717, 1.165) is 29.8 Å². The first-order chi connectivity index (χ1) is 9.75. The minimum absolute atomic E-state index is 0.557. The zero-order valence-electron chi connectivity index (χ0n) is 11.5. The van der Waals surface area contributed by atoms with Crippen LogP contribution in [0.15, 0.2) is 54.6 Å². The smallest absolute Gasteiger partial charge is 0.138 e. The quantitative estimate of drug-likeness (QED) is 0.786. The Bertz CT molecular complexity index is 701. The molecule has 3 rings (SSSR count). The Morgan fingerprint density at radius 3 is 2.50 bits per heavy atom. The van der Waals surface area contributed by atoms with Gasteiger partial charge < -0.3 is 9.67 Å². The normalized spacial score (nSPS) is 12.7. The molecule has 20 heavy (non-hydrogen) atoms. The second-order valence-corrected chi connectivity index (χ2v) is 5.02. The zero-order chi connectivity index (χ0) is 13.9. The number of aliphatic hydroxyl groups excluding tert-OH is 1. The average molecular weight is 266 g/mol. The monoisotopic (exact) mass is 266 g/mol. The lowest BCUT2D eigenvalue weighted by Crippen LogP contribution is -2.08. The fraction of sp³-hybridized carbons (Fsp3) is 0.235. The predicted molar refractivity (Wildman–Crippen MR) is 80.5 cm³/mol. The van der Waals surface area contributed by atoms with Gasteiger partial charge in [-0.25, -0.2) is 4.98 Å². The summed E-state index contributed by atoms with van der Waals surface area (Å²) in [6.07, 6.45) is 0.374. The van der Waals surface area contributed by atoms with E-state index >= 15 is 0 Å². The Labute approximate surface area is 118 Å². The number of benzene rings is 2. The number of imidazole rings is 1. The minimum Gasteiger partial charge on any atom is -0.385 e. The van der Waals surface area contributed by atoms with Gasteiger partial charge in [0.25, 0.3) is 0 Å². The molecule has 3 heteroatoms. The van der Waals surface area contributed by atoms with Crippen LogP contribution >= 0.6 is 0 Å². The zero-order valence-corrected chi connectivity index (χ0v) is 11.5. The number of rotatable bonds is 4. The third-order valence-corrected chi connectivity index (χ3v) is 3.52. The van der Waals surface area contributed by atoms with Crippen LogP contribution in [-0.4, -0.2) is 14.7 Å². The Morgan fingerprint density at radius 1 is 1.05 bits per heavy atom. The summed E-state index contributed by atoms with van der Waals surface area (Å²) in [6.45, 7) is 2.59.